The van der Waals surface area contributed by atoms with Crippen LogP contribution in [0.1, 0.15) is 213 Å². The summed E-state index contributed by atoms with van der Waals surface area (Å²) in [6, 6.07) is 0. The van der Waals surface area contributed by atoms with Crippen molar-refractivity contribution < 1.29 is 37.3 Å². The first-order valence-corrected chi connectivity index (χ1v) is 24.0. The molecule has 0 aliphatic carbocycles. The van der Waals surface area contributed by atoms with Crippen molar-refractivity contribution in [1.29, 1.82) is 0 Å². The fourth-order valence-corrected chi connectivity index (χ4v) is 7.14. The predicted molar refractivity (Wildman–Crippen MR) is 224 cm³/mol. The molecule has 1 N–H and O–H groups in total. The summed E-state index contributed by atoms with van der Waals surface area (Å²) in [4.78, 5) is 22.9. The molecule has 0 saturated carbocycles. The molecule has 0 spiro atoms. The Morgan fingerprint density at radius 2 is 0.981 bits per heavy atom. The van der Waals surface area contributed by atoms with Crippen LogP contribution in [0.4, 0.5) is 0 Å². The molecule has 0 aliphatic rings. The molecule has 0 saturated heterocycles. The number of unbranched alkanes of at least 4 members (excludes halogenated alkanes) is 28. The lowest BCUT2D eigenvalue weighted by Crippen LogP contribution is -2.37. The van der Waals surface area contributed by atoms with Gasteiger partial charge in [0, 0.05) is 6.42 Å². The first-order chi connectivity index (χ1) is 25.6. The normalized spacial score (nSPS) is 13.8. The molecule has 0 aromatic rings. The SMILES string of the molecule is CCCCCCCCCCCCCC/C=C/OC[C@H](COP(=O)(O)OCC[N+](C)(C)C)OC(=O)CCCCCCCCCCCCCCCCCCC. The number of hydrogen-bond acceptors (Lipinski definition) is 6. The second kappa shape index (κ2) is 38.0. The van der Waals surface area contributed by atoms with E-state index in [9.17, 15) is 14.3 Å². The summed E-state index contributed by atoms with van der Waals surface area (Å²) in [7, 11) is 1.65. The molecular weight excluding hydrogens is 685 g/mol. The number of carbonyl (C=O) groups is 1. The molecule has 0 fully saturated rings. The third-order valence-corrected chi connectivity index (χ3v) is 10.9. The number of hydrogen-bond donors (Lipinski definition) is 1. The third-order valence-electron chi connectivity index (χ3n) is 9.92. The lowest BCUT2D eigenvalue weighted by atomic mass is 10.0. The molecule has 0 rings (SSSR count). The van der Waals surface area contributed by atoms with Crippen LogP contribution in [0.15, 0.2) is 12.3 Å². The van der Waals surface area contributed by atoms with E-state index in [1.54, 1.807) is 6.26 Å². The van der Waals surface area contributed by atoms with E-state index in [1.807, 2.05) is 27.2 Å². The Morgan fingerprint density at radius 1 is 0.585 bits per heavy atom. The summed E-state index contributed by atoms with van der Waals surface area (Å²) in [6.45, 7) is 4.96. The summed E-state index contributed by atoms with van der Waals surface area (Å²) in [5, 5.41) is 0. The molecule has 53 heavy (non-hydrogen) atoms. The Bertz CT molecular complexity index is 863. The Balaban J connectivity index is 4.23. The van der Waals surface area contributed by atoms with Crippen molar-refractivity contribution in [3.63, 3.8) is 0 Å². The summed E-state index contributed by atoms with van der Waals surface area (Å²) >= 11 is 0. The molecule has 8 nitrogen and oxygen atoms in total. The molecule has 0 amide bonds. The predicted octanol–water partition coefficient (Wildman–Crippen LogP) is 13.4. The van der Waals surface area contributed by atoms with Gasteiger partial charge in [0.05, 0.1) is 34.0 Å². The number of esters is 1. The minimum Gasteiger partial charge on any atom is -0.498 e. The molecule has 316 valence electrons. The van der Waals surface area contributed by atoms with Gasteiger partial charge in [-0.3, -0.25) is 13.8 Å². The number of allylic oxidation sites excluding steroid dienone is 1. The largest absolute Gasteiger partial charge is 0.498 e. The van der Waals surface area contributed by atoms with Crippen LogP contribution < -0.4 is 0 Å². The fraction of sp³-hybridized carbons (Fsp3) is 0.932. The highest BCUT2D eigenvalue weighted by molar-refractivity contribution is 7.47. The van der Waals surface area contributed by atoms with Crippen LogP contribution in [0.2, 0.25) is 0 Å². The average molecular weight is 775 g/mol. The van der Waals surface area contributed by atoms with Crippen molar-refractivity contribution in [3.05, 3.63) is 12.3 Å². The summed E-state index contributed by atoms with van der Waals surface area (Å²) in [6.07, 6.45) is 41.9. The van der Waals surface area contributed by atoms with Crippen molar-refractivity contribution in [2.75, 3.05) is 47.5 Å². The van der Waals surface area contributed by atoms with E-state index in [0.29, 0.717) is 17.4 Å². The molecule has 0 heterocycles. The Labute approximate surface area is 329 Å². The third kappa shape index (κ3) is 42.1. The number of carbonyl (C=O) groups excluding carboxylic acids is 1. The van der Waals surface area contributed by atoms with Crippen LogP contribution in [0, 0.1) is 0 Å². The van der Waals surface area contributed by atoms with Gasteiger partial charge in [-0.1, -0.05) is 187 Å². The van der Waals surface area contributed by atoms with Crippen LogP contribution in [-0.2, 0) is 27.9 Å². The van der Waals surface area contributed by atoms with Gasteiger partial charge in [0.1, 0.15) is 19.8 Å². The van der Waals surface area contributed by atoms with E-state index in [4.69, 9.17) is 18.5 Å². The number of quaternary nitrogens is 1. The van der Waals surface area contributed by atoms with Crippen LogP contribution in [0.3, 0.4) is 0 Å². The highest BCUT2D eigenvalue weighted by atomic mass is 31.2. The van der Waals surface area contributed by atoms with E-state index >= 15 is 0 Å². The van der Waals surface area contributed by atoms with Gasteiger partial charge in [-0.05, 0) is 25.3 Å². The van der Waals surface area contributed by atoms with Crippen LogP contribution in [-0.4, -0.2) is 69.0 Å². The van der Waals surface area contributed by atoms with Gasteiger partial charge in [0.2, 0.25) is 0 Å². The molecule has 2 atom stereocenters. The van der Waals surface area contributed by atoms with Crippen molar-refractivity contribution >= 4 is 13.8 Å². The Morgan fingerprint density at radius 3 is 1.40 bits per heavy atom. The highest BCUT2D eigenvalue weighted by Gasteiger charge is 2.26. The summed E-state index contributed by atoms with van der Waals surface area (Å²) in [5.41, 5.74) is 0. The monoisotopic (exact) mass is 775 g/mol. The van der Waals surface area contributed by atoms with Crippen molar-refractivity contribution in [2.24, 2.45) is 0 Å². The highest BCUT2D eigenvalue weighted by Crippen LogP contribution is 2.43. The number of nitrogens with zero attached hydrogens (tertiary/aromatic N) is 1. The van der Waals surface area contributed by atoms with Gasteiger partial charge in [0.25, 0.3) is 0 Å². The van der Waals surface area contributed by atoms with Gasteiger partial charge in [0.15, 0.2) is 6.10 Å². The molecule has 1 unspecified atom stereocenters. The van der Waals surface area contributed by atoms with Gasteiger partial charge in [-0.2, -0.15) is 0 Å². The standard InChI is InChI=1S/C44H88NO7P/c1-6-8-10-12-14-16-18-20-22-23-24-25-27-29-31-33-35-37-44(46)52-43(42-51-53(47,48)50-40-38-45(3,4)5)41-49-39-36-34-32-30-28-26-21-19-17-15-13-11-9-7-2/h36,39,43H,6-35,37-38,40-42H2,1-5H3/p+1/b39-36+/t43-/m1/s1. The lowest BCUT2D eigenvalue weighted by Gasteiger charge is -2.24. The molecular formula is C44H89NO7P+. The average Bonchev–Trinajstić information content (AvgIpc) is 3.11. The quantitative estimate of drug-likeness (QED) is 0.0217. The lowest BCUT2D eigenvalue weighted by molar-refractivity contribution is -0.870. The summed E-state index contributed by atoms with van der Waals surface area (Å²) < 4.78 is 34.8. The Kier molecular flexibility index (Phi) is 37.3. The van der Waals surface area contributed by atoms with E-state index < -0.39 is 13.9 Å². The van der Waals surface area contributed by atoms with Crippen molar-refractivity contribution in [3.8, 4) is 0 Å². The zero-order valence-corrected chi connectivity index (χ0v) is 36.7. The smallest absolute Gasteiger partial charge is 0.472 e. The maximum absolute atomic E-state index is 12.7. The first-order valence-electron chi connectivity index (χ1n) is 22.5. The minimum atomic E-state index is -4.28. The van der Waals surface area contributed by atoms with Crippen LogP contribution in [0.5, 0.6) is 0 Å². The van der Waals surface area contributed by atoms with E-state index in [2.05, 4.69) is 13.8 Å². The fourth-order valence-electron chi connectivity index (χ4n) is 6.40. The van der Waals surface area contributed by atoms with Gasteiger partial charge >= 0.3 is 13.8 Å². The molecule has 0 radical (unpaired) electrons. The first kappa shape index (κ1) is 52.1. The van der Waals surface area contributed by atoms with E-state index in [0.717, 1.165) is 32.1 Å². The second-order valence-corrected chi connectivity index (χ2v) is 18.0. The second-order valence-electron chi connectivity index (χ2n) is 16.5. The van der Waals surface area contributed by atoms with Gasteiger partial charge < -0.3 is 18.9 Å². The number of ether oxygens (including phenoxy) is 2. The number of phosphoric acid groups is 1. The molecule has 0 aromatic heterocycles. The zero-order valence-electron chi connectivity index (χ0n) is 35.8. The minimum absolute atomic E-state index is 0.0542. The molecule has 0 bridgehead atoms. The topological polar surface area (TPSA) is 91.3 Å². The molecule has 0 aromatic carbocycles. The Hall–Kier alpha value is -0.920. The van der Waals surface area contributed by atoms with Crippen molar-refractivity contribution in [1.82, 2.24) is 0 Å². The zero-order chi connectivity index (χ0) is 39.1. The summed E-state index contributed by atoms with van der Waals surface area (Å²) in [5.74, 6) is -0.331. The number of rotatable bonds is 42. The number of likely N-dealkylation sites (N-methyl/N-ethyl adjacent to an activating group) is 1. The number of phosphoric ester groups is 1. The van der Waals surface area contributed by atoms with Crippen molar-refractivity contribution in [2.45, 2.75) is 219 Å². The van der Waals surface area contributed by atoms with Crippen LogP contribution in [0.25, 0.3) is 0 Å². The van der Waals surface area contributed by atoms with Crippen LogP contribution >= 0.6 is 7.82 Å². The molecule has 9 heteroatoms. The van der Waals surface area contributed by atoms with Gasteiger partial charge in [-0.25, -0.2) is 4.57 Å². The molecule has 0 aliphatic heterocycles. The maximum atomic E-state index is 12.7. The van der Waals surface area contributed by atoms with E-state index in [-0.39, 0.29) is 25.8 Å². The maximum Gasteiger partial charge on any atom is 0.472 e. The van der Waals surface area contributed by atoms with Gasteiger partial charge in [-0.15, -0.1) is 0 Å². The van der Waals surface area contributed by atoms with E-state index in [1.165, 1.54) is 161 Å².